The Bertz CT molecular complexity index is 674. The minimum atomic E-state index is -0.617. The summed E-state index contributed by atoms with van der Waals surface area (Å²) in [7, 11) is 0. The summed E-state index contributed by atoms with van der Waals surface area (Å²) in [5.41, 5.74) is -0.315. The van der Waals surface area contributed by atoms with Crippen molar-refractivity contribution in [2.45, 2.75) is 47.6 Å². The fourth-order valence-electron chi connectivity index (χ4n) is 2.09. The lowest BCUT2D eigenvalue weighted by Gasteiger charge is -2.32. The molecule has 0 radical (unpaired) electrons. The fraction of sp³-hybridized carbons (Fsp3) is 0.474. The number of rotatable bonds is 5. The van der Waals surface area contributed by atoms with E-state index in [1.807, 2.05) is 30.1 Å². The predicted molar refractivity (Wildman–Crippen MR) is 111 cm³/mol. The quantitative estimate of drug-likeness (QED) is 0.271. The molecule has 0 fully saturated rings. The molecule has 0 saturated carbocycles. The standard InChI is InChI=1S/C19H24BrIO4/c1-12(22)24-16(19(5,6)10-11-21)13-8-7-9-14(15(13)20)25-17(23)18(2,3)4/h7-11,16H,1-6H3/b11-10+/t16-/m0/s1. The Morgan fingerprint density at radius 1 is 1.20 bits per heavy atom. The van der Waals surface area contributed by atoms with Crippen LogP contribution < -0.4 is 4.74 Å². The number of ether oxygens (including phenoxy) is 2. The van der Waals surface area contributed by atoms with Gasteiger partial charge in [0.2, 0.25) is 0 Å². The lowest BCUT2D eigenvalue weighted by atomic mass is 9.82. The van der Waals surface area contributed by atoms with Crippen LogP contribution in [0.15, 0.2) is 32.8 Å². The molecule has 6 heteroatoms. The molecule has 1 rings (SSSR count). The summed E-state index contributed by atoms with van der Waals surface area (Å²) < 4.78 is 13.6. The molecular weight excluding hydrogens is 499 g/mol. The molecule has 138 valence electrons. The summed E-state index contributed by atoms with van der Waals surface area (Å²) in [6.07, 6.45) is 1.44. The van der Waals surface area contributed by atoms with Crippen molar-refractivity contribution in [3.05, 3.63) is 38.4 Å². The minimum absolute atomic E-state index is 0.333. The highest BCUT2D eigenvalue weighted by molar-refractivity contribution is 14.1. The van der Waals surface area contributed by atoms with Crippen molar-refractivity contribution in [3.63, 3.8) is 0 Å². The molecule has 1 atom stereocenters. The summed E-state index contributed by atoms with van der Waals surface area (Å²) in [5.74, 6) is -0.298. The second-order valence-electron chi connectivity index (χ2n) is 7.40. The van der Waals surface area contributed by atoms with Crippen LogP contribution in [0.5, 0.6) is 5.75 Å². The van der Waals surface area contributed by atoms with Gasteiger partial charge < -0.3 is 9.47 Å². The highest BCUT2D eigenvalue weighted by Gasteiger charge is 2.34. The van der Waals surface area contributed by atoms with E-state index in [1.165, 1.54) is 6.92 Å². The Morgan fingerprint density at radius 2 is 1.80 bits per heavy atom. The van der Waals surface area contributed by atoms with Crippen molar-refractivity contribution in [2.24, 2.45) is 10.8 Å². The first-order valence-corrected chi connectivity index (χ1v) is 9.90. The molecule has 0 bridgehead atoms. The number of esters is 2. The van der Waals surface area contributed by atoms with Crippen LogP contribution in [0.25, 0.3) is 0 Å². The Balaban J connectivity index is 3.36. The Kier molecular flexibility index (Phi) is 7.68. The number of benzene rings is 1. The van der Waals surface area contributed by atoms with Crippen molar-refractivity contribution >= 4 is 50.5 Å². The summed E-state index contributed by atoms with van der Waals surface area (Å²) in [5, 5.41) is 0. The molecule has 0 heterocycles. The lowest BCUT2D eigenvalue weighted by molar-refractivity contribution is -0.151. The van der Waals surface area contributed by atoms with Gasteiger partial charge in [0.05, 0.1) is 9.89 Å². The van der Waals surface area contributed by atoms with Gasteiger partial charge in [0.15, 0.2) is 0 Å². The molecule has 0 aliphatic carbocycles. The molecule has 0 aromatic heterocycles. The van der Waals surface area contributed by atoms with Crippen LogP contribution in [0.2, 0.25) is 0 Å². The van der Waals surface area contributed by atoms with E-state index >= 15 is 0 Å². The SMILES string of the molecule is CC(=O)O[C@@H](c1cccc(OC(=O)C(C)(C)C)c1Br)C(C)(C)/C=C/I. The Morgan fingerprint density at radius 3 is 2.28 bits per heavy atom. The van der Waals surface area contributed by atoms with Crippen LogP contribution in [0.3, 0.4) is 0 Å². The van der Waals surface area contributed by atoms with E-state index in [4.69, 9.17) is 9.47 Å². The molecule has 0 unspecified atom stereocenters. The van der Waals surface area contributed by atoms with Gasteiger partial charge in [-0.15, -0.1) is 0 Å². The monoisotopic (exact) mass is 522 g/mol. The molecule has 0 saturated heterocycles. The van der Waals surface area contributed by atoms with E-state index in [2.05, 4.69) is 38.5 Å². The molecule has 1 aromatic carbocycles. The average molecular weight is 523 g/mol. The van der Waals surface area contributed by atoms with Crippen molar-refractivity contribution in [2.75, 3.05) is 0 Å². The topological polar surface area (TPSA) is 52.6 Å². The van der Waals surface area contributed by atoms with E-state index in [9.17, 15) is 9.59 Å². The van der Waals surface area contributed by atoms with E-state index in [0.29, 0.717) is 10.2 Å². The van der Waals surface area contributed by atoms with Crippen molar-refractivity contribution < 1.29 is 19.1 Å². The van der Waals surface area contributed by atoms with E-state index < -0.39 is 16.9 Å². The molecule has 0 N–H and O–H groups in total. The maximum absolute atomic E-state index is 12.2. The van der Waals surface area contributed by atoms with Gasteiger partial charge in [-0.25, -0.2) is 0 Å². The number of halogens is 2. The zero-order valence-corrected chi connectivity index (χ0v) is 19.1. The molecule has 0 amide bonds. The fourth-order valence-corrected chi connectivity index (χ4v) is 3.57. The number of carbonyl (C=O) groups is 2. The van der Waals surface area contributed by atoms with Crippen molar-refractivity contribution in [1.29, 1.82) is 0 Å². The van der Waals surface area contributed by atoms with Crippen LogP contribution in [0.1, 0.15) is 53.2 Å². The minimum Gasteiger partial charge on any atom is -0.457 e. The summed E-state index contributed by atoms with van der Waals surface area (Å²) >= 11 is 5.65. The Hall–Kier alpha value is -0.890. The second-order valence-corrected chi connectivity index (χ2v) is 8.91. The third-order valence-corrected chi connectivity index (χ3v) is 4.75. The maximum Gasteiger partial charge on any atom is 0.316 e. The van der Waals surface area contributed by atoms with E-state index in [0.717, 1.165) is 5.56 Å². The number of hydrogen-bond donors (Lipinski definition) is 0. The largest absolute Gasteiger partial charge is 0.457 e. The number of carbonyl (C=O) groups excluding carboxylic acids is 2. The van der Waals surface area contributed by atoms with Gasteiger partial charge in [-0.3, -0.25) is 9.59 Å². The third kappa shape index (κ3) is 6.09. The summed E-state index contributed by atoms with van der Waals surface area (Å²) in [4.78, 5) is 23.8. The molecule has 0 aliphatic rings. The number of hydrogen-bond acceptors (Lipinski definition) is 4. The lowest BCUT2D eigenvalue weighted by Crippen LogP contribution is -2.27. The zero-order valence-electron chi connectivity index (χ0n) is 15.4. The van der Waals surface area contributed by atoms with E-state index in [-0.39, 0.29) is 11.9 Å². The first-order valence-electron chi connectivity index (χ1n) is 7.86. The second kappa shape index (κ2) is 8.66. The van der Waals surface area contributed by atoms with Gasteiger partial charge in [0.1, 0.15) is 11.9 Å². The molecule has 0 spiro atoms. The predicted octanol–water partition coefficient (Wildman–Crippen LogP) is 5.98. The van der Waals surface area contributed by atoms with Crippen LogP contribution in [-0.4, -0.2) is 11.9 Å². The van der Waals surface area contributed by atoms with E-state index in [1.54, 1.807) is 32.9 Å². The molecular formula is C19H24BrIO4. The third-order valence-electron chi connectivity index (χ3n) is 3.54. The highest BCUT2D eigenvalue weighted by atomic mass is 127. The summed E-state index contributed by atoms with van der Waals surface area (Å²) in [6.45, 7) is 10.7. The molecule has 0 aliphatic heterocycles. The van der Waals surface area contributed by atoms with Gasteiger partial charge >= 0.3 is 11.9 Å². The van der Waals surface area contributed by atoms with Crippen molar-refractivity contribution in [1.82, 2.24) is 0 Å². The highest BCUT2D eigenvalue weighted by Crippen LogP contribution is 2.44. The van der Waals surface area contributed by atoms with Gasteiger partial charge in [0.25, 0.3) is 0 Å². The first-order chi connectivity index (χ1) is 11.4. The first kappa shape index (κ1) is 22.2. The molecule has 4 nitrogen and oxygen atoms in total. The van der Waals surface area contributed by atoms with Crippen LogP contribution in [0, 0.1) is 10.8 Å². The van der Waals surface area contributed by atoms with Crippen LogP contribution in [-0.2, 0) is 14.3 Å². The van der Waals surface area contributed by atoms with Crippen LogP contribution >= 0.6 is 38.5 Å². The maximum atomic E-state index is 12.2. The smallest absolute Gasteiger partial charge is 0.316 e. The van der Waals surface area contributed by atoms with Crippen LogP contribution in [0.4, 0.5) is 0 Å². The normalized spacial score (nSPS) is 13.6. The molecule has 25 heavy (non-hydrogen) atoms. The summed E-state index contributed by atoms with van der Waals surface area (Å²) in [6, 6.07) is 5.35. The van der Waals surface area contributed by atoms with Crippen molar-refractivity contribution in [3.8, 4) is 5.75 Å². The molecule has 1 aromatic rings. The average Bonchev–Trinajstić information content (AvgIpc) is 2.46. The van der Waals surface area contributed by atoms with Gasteiger partial charge in [-0.05, 0) is 46.9 Å². The Labute approximate surface area is 171 Å². The zero-order chi connectivity index (χ0) is 19.4. The van der Waals surface area contributed by atoms with Gasteiger partial charge in [-0.1, -0.05) is 54.6 Å². The van der Waals surface area contributed by atoms with Gasteiger partial charge in [0, 0.05) is 17.9 Å². The van der Waals surface area contributed by atoms with Gasteiger partial charge in [-0.2, -0.15) is 0 Å².